The van der Waals surface area contributed by atoms with E-state index in [0.29, 0.717) is 0 Å². The molecule has 0 aliphatic heterocycles. The van der Waals surface area contributed by atoms with Gasteiger partial charge in [0.15, 0.2) is 6.19 Å². The van der Waals surface area contributed by atoms with E-state index in [4.69, 9.17) is 5.26 Å². The van der Waals surface area contributed by atoms with Crippen LogP contribution in [0.15, 0.2) is 39.7 Å². The highest BCUT2D eigenvalue weighted by Crippen LogP contribution is 2.38. The molecule has 7 heteroatoms. The minimum atomic E-state index is -0.141. The molecule has 0 saturated carbocycles. The number of halogens is 1. The highest BCUT2D eigenvalue weighted by Gasteiger charge is 2.24. The number of benzene rings is 2. The number of fused-ring (bicyclic) bond motifs is 2. The van der Waals surface area contributed by atoms with Crippen LogP contribution in [0.5, 0.6) is 0 Å². The van der Waals surface area contributed by atoms with Crippen molar-refractivity contribution in [2.45, 2.75) is 43.4 Å². The van der Waals surface area contributed by atoms with E-state index >= 15 is 0 Å². The number of nitrogens with two attached hydrogens (primary N) is 1. The van der Waals surface area contributed by atoms with E-state index in [0.717, 1.165) is 40.7 Å². The molecule has 0 radical (unpaired) electrons. The Morgan fingerprint density at radius 2 is 1.63 bits per heavy atom. The van der Waals surface area contributed by atoms with Crippen LogP contribution in [0, 0.1) is 11.5 Å². The Bertz CT molecular complexity index is 845. The number of hydrogen-bond donors (Lipinski definition) is 3. The zero-order valence-electron chi connectivity index (χ0n) is 14.8. The lowest BCUT2D eigenvalue weighted by atomic mass is 9.99. The Balaban J connectivity index is 0.000000659. The fourth-order valence-corrected chi connectivity index (χ4v) is 4.51. The van der Waals surface area contributed by atoms with Gasteiger partial charge in [-0.2, -0.15) is 5.26 Å². The molecule has 2 aliphatic rings. The number of amides is 2. The second kappa shape index (κ2) is 9.16. The third kappa shape index (κ3) is 4.76. The number of carbonyl (C=O) groups is 1. The number of aryl methyl sites for hydroxylation is 2. The van der Waals surface area contributed by atoms with Gasteiger partial charge in [-0.25, -0.2) is 4.79 Å². The van der Waals surface area contributed by atoms with Gasteiger partial charge >= 0.3 is 6.03 Å². The molecular formula is C20H21BrN4OS. The molecule has 0 unspecified atom stereocenters. The smallest absolute Gasteiger partial charge is 0.329 e. The first kappa shape index (κ1) is 19.6. The Morgan fingerprint density at radius 1 is 1.07 bits per heavy atom. The lowest BCUT2D eigenvalue weighted by Crippen LogP contribution is -2.24. The number of rotatable bonds is 3. The van der Waals surface area contributed by atoms with Gasteiger partial charge in [0.1, 0.15) is 0 Å². The molecule has 0 bridgehead atoms. The van der Waals surface area contributed by atoms with Crippen LogP contribution < -0.4 is 15.8 Å². The van der Waals surface area contributed by atoms with E-state index in [2.05, 4.69) is 37.8 Å². The summed E-state index contributed by atoms with van der Waals surface area (Å²) in [5.41, 5.74) is 10.8. The number of nitrogens with one attached hydrogen (secondary N) is 2. The first-order valence-electron chi connectivity index (χ1n) is 8.88. The van der Waals surface area contributed by atoms with E-state index in [-0.39, 0.29) is 6.03 Å². The monoisotopic (exact) mass is 444 g/mol. The Hall–Kier alpha value is -2.17. The van der Waals surface area contributed by atoms with Crippen LogP contribution in [0.3, 0.4) is 0 Å². The second-order valence-corrected chi connectivity index (χ2v) is 8.27. The molecule has 4 rings (SSSR count). The highest BCUT2D eigenvalue weighted by molar-refractivity contribution is 9.10. The molecular weight excluding hydrogens is 424 g/mol. The average molecular weight is 445 g/mol. The van der Waals surface area contributed by atoms with Crippen molar-refractivity contribution in [3.05, 3.63) is 57.1 Å². The summed E-state index contributed by atoms with van der Waals surface area (Å²) in [6, 6.07) is 10.1. The molecule has 4 N–H and O–H groups in total. The quantitative estimate of drug-likeness (QED) is 0.364. The van der Waals surface area contributed by atoms with Crippen molar-refractivity contribution in [2.75, 3.05) is 5.32 Å². The zero-order valence-corrected chi connectivity index (χ0v) is 17.3. The normalized spacial score (nSPS) is 13.6. The summed E-state index contributed by atoms with van der Waals surface area (Å²) in [5, 5.41) is 10.2. The fraction of sp³-hybridized carbons (Fsp3) is 0.300. The van der Waals surface area contributed by atoms with Gasteiger partial charge in [-0.05, 0) is 97.0 Å². The van der Waals surface area contributed by atoms with Crippen LogP contribution in [-0.2, 0) is 25.7 Å². The first-order valence-corrected chi connectivity index (χ1v) is 10.5. The lowest BCUT2D eigenvalue weighted by Gasteiger charge is -2.16. The molecule has 2 amide bonds. The molecule has 0 heterocycles. The predicted molar refractivity (Wildman–Crippen MR) is 112 cm³/mol. The topological polar surface area (TPSA) is 90.9 Å². The van der Waals surface area contributed by atoms with Gasteiger partial charge < -0.3 is 11.1 Å². The van der Waals surface area contributed by atoms with Crippen LogP contribution in [0.25, 0.3) is 0 Å². The highest BCUT2D eigenvalue weighted by atomic mass is 79.9. The SMILES string of the molecule is N#CN.O=C(NSc1ccc(Br)cc1)Nc1c2c(cc3c1CCC3)CCC2. The number of urea groups is 1. The van der Waals surface area contributed by atoms with Gasteiger partial charge in [0, 0.05) is 15.1 Å². The van der Waals surface area contributed by atoms with Crippen molar-refractivity contribution >= 4 is 39.6 Å². The summed E-state index contributed by atoms with van der Waals surface area (Å²) in [6.07, 6.45) is 8.10. The molecule has 5 nitrogen and oxygen atoms in total. The molecule has 0 spiro atoms. The van der Waals surface area contributed by atoms with E-state index in [1.54, 1.807) is 0 Å². The van der Waals surface area contributed by atoms with Crippen molar-refractivity contribution in [1.82, 2.24) is 4.72 Å². The van der Waals surface area contributed by atoms with Crippen LogP contribution in [0.1, 0.15) is 35.1 Å². The lowest BCUT2D eigenvalue weighted by molar-refractivity contribution is 0.257. The summed E-state index contributed by atoms with van der Waals surface area (Å²) in [7, 11) is 0. The maximum absolute atomic E-state index is 12.4. The van der Waals surface area contributed by atoms with Crippen LogP contribution in [0.4, 0.5) is 10.5 Å². The molecule has 0 fully saturated rings. The van der Waals surface area contributed by atoms with Gasteiger partial charge in [0.05, 0.1) is 0 Å². The van der Waals surface area contributed by atoms with Crippen LogP contribution in [-0.4, -0.2) is 6.03 Å². The molecule has 140 valence electrons. The molecule has 2 aromatic rings. The molecule has 0 saturated heterocycles. The van der Waals surface area contributed by atoms with Gasteiger partial charge in [-0.15, -0.1) is 0 Å². The molecule has 2 aliphatic carbocycles. The molecule has 0 atom stereocenters. The van der Waals surface area contributed by atoms with Crippen molar-refractivity contribution < 1.29 is 4.79 Å². The summed E-state index contributed by atoms with van der Waals surface area (Å²) in [4.78, 5) is 13.4. The van der Waals surface area contributed by atoms with E-state index in [9.17, 15) is 4.79 Å². The largest absolute Gasteiger partial charge is 0.337 e. The Labute approximate surface area is 172 Å². The Kier molecular flexibility index (Phi) is 6.64. The first-order chi connectivity index (χ1) is 13.1. The Morgan fingerprint density at radius 3 is 2.19 bits per heavy atom. The third-order valence-corrected chi connectivity index (χ3v) is 6.11. The van der Waals surface area contributed by atoms with Crippen molar-refractivity contribution in [1.29, 1.82) is 5.26 Å². The van der Waals surface area contributed by atoms with Gasteiger partial charge in [-0.3, -0.25) is 4.72 Å². The van der Waals surface area contributed by atoms with Crippen molar-refractivity contribution in [3.8, 4) is 6.19 Å². The number of nitriles is 1. The summed E-state index contributed by atoms with van der Waals surface area (Å²) in [5.74, 6) is 0. The third-order valence-electron chi connectivity index (χ3n) is 4.79. The minimum absolute atomic E-state index is 0.141. The van der Waals surface area contributed by atoms with E-state index in [1.165, 1.54) is 53.2 Å². The standard InChI is InChI=1S/C19H19BrN2OS.CH2N2/c20-14-7-9-15(10-8-14)24-22-19(23)21-18-16-5-1-3-12(16)11-13-4-2-6-17(13)18;2-1-3/h7-11H,1-6H2,(H2,21,22,23);2H2. The number of carbonyl (C=O) groups excluding carboxylic acids is 1. The van der Waals surface area contributed by atoms with Gasteiger partial charge in [-0.1, -0.05) is 22.0 Å². The minimum Gasteiger partial charge on any atom is -0.337 e. The predicted octanol–water partition coefficient (Wildman–Crippen LogP) is 4.68. The van der Waals surface area contributed by atoms with E-state index in [1.807, 2.05) is 24.3 Å². The number of nitrogens with zero attached hydrogens (tertiary/aromatic N) is 1. The zero-order chi connectivity index (χ0) is 19.2. The van der Waals surface area contributed by atoms with Crippen LogP contribution >= 0.6 is 27.9 Å². The van der Waals surface area contributed by atoms with Gasteiger partial charge in [0.2, 0.25) is 0 Å². The van der Waals surface area contributed by atoms with E-state index < -0.39 is 0 Å². The maximum atomic E-state index is 12.4. The number of anilines is 1. The maximum Gasteiger partial charge on any atom is 0.329 e. The molecule has 2 aromatic carbocycles. The number of hydrogen-bond acceptors (Lipinski definition) is 4. The van der Waals surface area contributed by atoms with Crippen LogP contribution in [0.2, 0.25) is 0 Å². The molecule has 27 heavy (non-hydrogen) atoms. The molecule has 0 aromatic heterocycles. The summed E-state index contributed by atoms with van der Waals surface area (Å²) in [6.45, 7) is 0. The van der Waals surface area contributed by atoms with Crippen molar-refractivity contribution in [3.63, 3.8) is 0 Å². The fourth-order valence-electron chi connectivity index (χ4n) is 3.71. The second-order valence-electron chi connectivity index (χ2n) is 6.48. The summed E-state index contributed by atoms with van der Waals surface area (Å²) >= 11 is 4.76. The average Bonchev–Trinajstić information content (AvgIpc) is 3.31. The van der Waals surface area contributed by atoms with Gasteiger partial charge in [0.25, 0.3) is 0 Å². The van der Waals surface area contributed by atoms with Crippen molar-refractivity contribution in [2.24, 2.45) is 5.73 Å². The summed E-state index contributed by atoms with van der Waals surface area (Å²) < 4.78 is 3.93.